The number of unbranched alkanes of at least 4 members (excludes halogenated alkanes) is 35. The first kappa shape index (κ1) is 81.9. The molecule has 10 heteroatoms. The van der Waals surface area contributed by atoms with Gasteiger partial charge in [0.15, 0.2) is 6.10 Å². The Bertz CT molecular complexity index is 1760. The molecule has 0 aliphatic heterocycles. The summed E-state index contributed by atoms with van der Waals surface area (Å²) in [5.41, 5.74) is 0. The number of rotatable bonds is 65. The van der Waals surface area contributed by atoms with Crippen molar-refractivity contribution >= 4 is 19.8 Å². The summed E-state index contributed by atoms with van der Waals surface area (Å²) in [6.07, 6.45) is 90.6. The van der Waals surface area contributed by atoms with Crippen molar-refractivity contribution in [1.29, 1.82) is 0 Å². The van der Waals surface area contributed by atoms with Gasteiger partial charge in [0.2, 0.25) is 0 Å². The van der Waals surface area contributed by atoms with E-state index in [1.54, 1.807) is 0 Å². The third-order valence-electron chi connectivity index (χ3n) is 15.4. The highest BCUT2D eigenvalue weighted by Crippen LogP contribution is 2.38. The molecule has 0 saturated heterocycles. The van der Waals surface area contributed by atoms with Crippen molar-refractivity contribution in [3.8, 4) is 0 Å². The molecule has 0 radical (unpaired) electrons. The minimum absolute atomic E-state index is 0.0309. The fourth-order valence-corrected chi connectivity index (χ4v) is 10.7. The lowest BCUT2D eigenvalue weighted by Gasteiger charge is -2.28. The van der Waals surface area contributed by atoms with Crippen molar-refractivity contribution in [1.82, 2.24) is 0 Å². The molecule has 0 heterocycles. The Morgan fingerprint density at radius 2 is 0.671 bits per heavy atom. The lowest BCUT2D eigenvalue weighted by atomic mass is 10.0. The highest BCUT2D eigenvalue weighted by atomic mass is 31.2. The Morgan fingerprint density at radius 1 is 0.376 bits per heavy atom. The maximum atomic E-state index is 12.9. The van der Waals surface area contributed by atoms with Crippen LogP contribution in [0.1, 0.15) is 316 Å². The van der Waals surface area contributed by atoms with Crippen molar-refractivity contribution in [3.63, 3.8) is 0 Å². The van der Waals surface area contributed by atoms with Crippen LogP contribution < -0.4 is 4.89 Å². The van der Waals surface area contributed by atoms with Crippen LogP contribution in [0.4, 0.5) is 0 Å². The fourth-order valence-electron chi connectivity index (χ4n) is 9.97. The van der Waals surface area contributed by atoms with E-state index in [1.165, 1.54) is 193 Å². The van der Waals surface area contributed by atoms with Crippen LogP contribution >= 0.6 is 7.82 Å². The standard InChI is InChI=1S/C75H134NO8P/c1-6-8-10-12-14-16-18-20-22-24-26-28-29-30-31-32-33-34-35-36-37-38-39-40-41-42-43-44-45-46-47-48-50-52-54-56-58-60-62-64-66-68-75(78)84-73(72-83-85(79,80)82-70-69-76(3,4)5)71-81-74(77)67-65-63-61-59-57-55-53-51-49-27-25-23-21-19-17-15-13-11-9-7-2/h8,10,14,16,20,22,26,28,30-31,33-34,36-37,39-40,73H,6-7,9,11-13,15,17-19,21,23-25,27,29,32,35,38,41-72H2,1-5H3/b10-8-,16-14-,22-20-,28-26-,31-30-,34-33-,37-36-,40-39-. The number of allylic oxidation sites excluding steroid dienone is 16. The van der Waals surface area contributed by atoms with Gasteiger partial charge in [-0.25, -0.2) is 0 Å². The summed E-state index contributed by atoms with van der Waals surface area (Å²) in [5.74, 6) is -0.820. The molecule has 2 atom stereocenters. The second kappa shape index (κ2) is 65.4. The summed E-state index contributed by atoms with van der Waals surface area (Å²) in [7, 11) is 1.17. The predicted octanol–water partition coefficient (Wildman–Crippen LogP) is 22.5. The van der Waals surface area contributed by atoms with Crippen molar-refractivity contribution in [2.45, 2.75) is 322 Å². The number of hydrogen-bond donors (Lipinski definition) is 0. The minimum Gasteiger partial charge on any atom is -0.756 e. The highest BCUT2D eigenvalue weighted by Gasteiger charge is 2.22. The van der Waals surface area contributed by atoms with Crippen molar-refractivity contribution in [2.24, 2.45) is 0 Å². The molecule has 0 fully saturated rings. The minimum atomic E-state index is -4.64. The van der Waals surface area contributed by atoms with Crippen LogP contribution in [0.3, 0.4) is 0 Å². The van der Waals surface area contributed by atoms with Gasteiger partial charge in [-0.05, 0) is 77.0 Å². The van der Waals surface area contributed by atoms with E-state index in [0.29, 0.717) is 17.4 Å². The zero-order chi connectivity index (χ0) is 61.9. The number of quaternary nitrogens is 1. The van der Waals surface area contributed by atoms with Gasteiger partial charge in [0.25, 0.3) is 7.82 Å². The number of esters is 2. The summed E-state index contributed by atoms with van der Waals surface area (Å²) in [4.78, 5) is 38.0. The fraction of sp³-hybridized carbons (Fsp3) is 0.760. The van der Waals surface area contributed by atoms with Crippen LogP contribution in [0.2, 0.25) is 0 Å². The molecule has 0 spiro atoms. The van der Waals surface area contributed by atoms with Gasteiger partial charge >= 0.3 is 11.9 Å². The average molecular weight is 1210 g/mol. The zero-order valence-electron chi connectivity index (χ0n) is 56.0. The molecule has 492 valence electrons. The number of phosphoric ester groups is 1. The molecule has 0 rings (SSSR count). The number of carbonyl (C=O) groups excluding carboxylic acids is 2. The first-order valence-electron chi connectivity index (χ1n) is 35.4. The van der Waals surface area contributed by atoms with Crippen LogP contribution in [0.5, 0.6) is 0 Å². The summed E-state index contributed by atoms with van der Waals surface area (Å²) in [6, 6.07) is 0. The molecule has 0 aliphatic rings. The topological polar surface area (TPSA) is 111 Å². The average Bonchev–Trinajstić information content (AvgIpc) is 3.51. The van der Waals surface area contributed by atoms with Crippen molar-refractivity contribution in [2.75, 3.05) is 47.5 Å². The summed E-state index contributed by atoms with van der Waals surface area (Å²) >= 11 is 0. The molecule has 0 aromatic carbocycles. The molecule has 0 saturated carbocycles. The maximum absolute atomic E-state index is 12.9. The number of hydrogen-bond acceptors (Lipinski definition) is 8. The Labute approximate surface area is 525 Å². The van der Waals surface area contributed by atoms with Crippen LogP contribution in [0, 0.1) is 0 Å². The first-order chi connectivity index (χ1) is 41.5. The number of ether oxygens (including phenoxy) is 2. The van der Waals surface area contributed by atoms with Gasteiger partial charge in [-0.3, -0.25) is 14.2 Å². The lowest BCUT2D eigenvalue weighted by molar-refractivity contribution is -0.870. The van der Waals surface area contributed by atoms with E-state index >= 15 is 0 Å². The van der Waals surface area contributed by atoms with Crippen LogP contribution in [0.15, 0.2) is 97.2 Å². The van der Waals surface area contributed by atoms with E-state index in [9.17, 15) is 19.0 Å². The largest absolute Gasteiger partial charge is 0.756 e. The van der Waals surface area contributed by atoms with Crippen LogP contribution in [0.25, 0.3) is 0 Å². The molecule has 2 unspecified atom stereocenters. The second-order valence-electron chi connectivity index (χ2n) is 24.9. The van der Waals surface area contributed by atoms with E-state index in [1.807, 2.05) is 21.1 Å². The first-order valence-corrected chi connectivity index (χ1v) is 36.9. The molecule has 0 aromatic rings. The normalized spacial score (nSPS) is 13.7. The highest BCUT2D eigenvalue weighted by molar-refractivity contribution is 7.45. The van der Waals surface area contributed by atoms with E-state index in [-0.39, 0.29) is 32.0 Å². The summed E-state index contributed by atoms with van der Waals surface area (Å²) in [6.45, 7) is 4.17. The molecule has 9 nitrogen and oxygen atoms in total. The summed E-state index contributed by atoms with van der Waals surface area (Å²) in [5, 5.41) is 0. The molecule has 0 amide bonds. The molecule has 0 N–H and O–H groups in total. The third-order valence-corrected chi connectivity index (χ3v) is 16.3. The van der Waals surface area contributed by atoms with Gasteiger partial charge in [0, 0.05) is 12.8 Å². The Morgan fingerprint density at radius 3 is 1.00 bits per heavy atom. The molecule has 0 aromatic heterocycles. The van der Waals surface area contributed by atoms with Crippen molar-refractivity contribution in [3.05, 3.63) is 97.2 Å². The van der Waals surface area contributed by atoms with Gasteiger partial charge in [-0.1, -0.05) is 323 Å². The molecule has 0 bridgehead atoms. The van der Waals surface area contributed by atoms with E-state index in [4.69, 9.17) is 18.5 Å². The van der Waals surface area contributed by atoms with E-state index < -0.39 is 26.5 Å². The molecular formula is C75H134NO8P. The van der Waals surface area contributed by atoms with Crippen LogP contribution in [-0.4, -0.2) is 70.0 Å². The molecule has 0 aliphatic carbocycles. The van der Waals surface area contributed by atoms with Crippen LogP contribution in [-0.2, 0) is 32.7 Å². The zero-order valence-corrected chi connectivity index (χ0v) is 56.9. The maximum Gasteiger partial charge on any atom is 0.306 e. The molecular weight excluding hydrogens is 1070 g/mol. The smallest absolute Gasteiger partial charge is 0.306 e. The lowest BCUT2D eigenvalue weighted by Crippen LogP contribution is -2.37. The predicted molar refractivity (Wildman–Crippen MR) is 365 cm³/mol. The van der Waals surface area contributed by atoms with E-state index in [2.05, 4.69) is 111 Å². The van der Waals surface area contributed by atoms with Gasteiger partial charge in [-0.15, -0.1) is 0 Å². The third kappa shape index (κ3) is 69.9. The Balaban J connectivity index is 3.99. The summed E-state index contributed by atoms with van der Waals surface area (Å²) < 4.78 is 34.3. The number of likely N-dealkylation sites (N-methyl/N-ethyl adjacent to an activating group) is 1. The van der Waals surface area contributed by atoms with E-state index in [0.717, 1.165) is 89.9 Å². The molecule has 85 heavy (non-hydrogen) atoms. The quantitative estimate of drug-likeness (QED) is 0.0195. The van der Waals surface area contributed by atoms with Gasteiger partial charge in [-0.2, -0.15) is 0 Å². The van der Waals surface area contributed by atoms with Gasteiger partial charge in [0.05, 0.1) is 27.7 Å². The number of nitrogens with zero attached hydrogens (tertiary/aromatic N) is 1. The van der Waals surface area contributed by atoms with Crippen molar-refractivity contribution < 1.29 is 42.1 Å². The van der Waals surface area contributed by atoms with Gasteiger partial charge in [0.1, 0.15) is 19.8 Å². The Kier molecular flexibility index (Phi) is 63.0. The second-order valence-corrected chi connectivity index (χ2v) is 26.3. The number of phosphoric acid groups is 1. The number of carbonyl (C=O) groups is 2. The monoisotopic (exact) mass is 1210 g/mol. The Hall–Kier alpha value is -3.07. The van der Waals surface area contributed by atoms with Gasteiger partial charge < -0.3 is 27.9 Å². The SMILES string of the molecule is CC/C=C\C/C=C\C/C=C\C/C=C\C/C=C\C/C=C\C/C=C\C/C=C\CCCCCCCCCCCCCCCCCCC(=O)OC(COC(=O)CCCCCCCCCCCCCCCCCCCCCC)COP(=O)([O-])OCC[N+](C)(C)C.